The SMILES string of the molecule is CCC[C@H](C(=O)N1CCC[C@@H]1c1ccc(OC)cc1OC)n1nc(C)cc1C. The molecule has 2 aromatic rings. The van der Waals surface area contributed by atoms with Gasteiger partial charge in [0.15, 0.2) is 0 Å². The van der Waals surface area contributed by atoms with Crippen molar-refractivity contribution in [3.63, 3.8) is 0 Å². The quantitative estimate of drug-likeness (QED) is 0.716. The number of rotatable bonds is 7. The fourth-order valence-electron chi connectivity index (χ4n) is 4.22. The van der Waals surface area contributed by atoms with Gasteiger partial charge in [-0.25, -0.2) is 0 Å². The summed E-state index contributed by atoms with van der Waals surface area (Å²) in [7, 11) is 3.30. The van der Waals surface area contributed by atoms with Crippen LogP contribution >= 0.6 is 0 Å². The summed E-state index contributed by atoms with van der Waals surface area (Å²) in [5.74, 6) is 1.67. The number of aromatic nitrogens is 2. The van der Waals surface area contributed by atoms with Gasteiger partial charge in [-0.05, 0) is 51.3 Å². The largest absolute Gasteiger partial charge is 0.497 e. The van der Waals surface area contributed by atoms with Crippen LogP contribution in [0.3, 0.4) is 0 Å². The summed E-state index contributed by atoms with van der Waals surface area (Å²) in [6.07, 6.45) is 3.63. The summed E-state index contributed by atoms with van der Waals surface area (Å²) in [6, 6.07) is 7.63. The fourth-order valence-corrected chi connectivity index (χ4v) is 4.22. The molecule has 28 heavy (non-hydrogen) atoms. The van der Waals surface area contributed by atoms with Crippen LogP contribution in [0.15, 0.2) is 24.3 Å². The second-order valence-corrected chi connectivity index (χ2v) is 7.47. The summed E-state index contributed by atoms with van der Waals surface area (Å²) in [5.41, 5.74) is 3.01. The number of benzene rings is 1. The zero-order valence-electron chi connectivity index (χ0n) is 17.6. The lowest BCUT2D eigenvalue weighted by molar-refractivity contribution is -0.136. The fraction of sp³-hybridized carbons (Fsp3) is 0.545. The normalized spacial score (nSPS) is 17.6. The Labute approximate surface area is 167 Å². The summed E-state index contributed by atoms with van der Waals surface area (Å²) < 4.78 is 12.8. The van der Waals surface area contributed by atoms with E-state index in [1.807, 2.05) is 47.7 Å². The Kier molecular flexibility index (Phi) is 6.27. The van der Waals surface area contributed by atoms with Crippen molar-refractivity contribution in [2.75, 3.05) is 20.8 Å². The van der Waals surface area contributed by atoms with Gasteiger partial charge < -0.3 is 14.4 Å². The number of methoxy groups -OCH3 is 2. The van der Waals surface area contributed by atoms with Gasteiger partial charge in [-0.2, -0.15) is 5.10 Å². The molecule has 2 heterocycles. The molecule has 3 rings (SSSR count). The van der Waals surface area contributed by atoms with E-state index >= 15 is 0 Å². The molecule has 6 nitrogen and oxygen atoms in total. The first kappa shape index (κ1) is 20.2. The van der Waals surface area contributed by atoms with Crippen LogP contribution in [-0.2, 0) is 4.79 Å². The van der Waals surface area contributed by atoms with Crippen LogP contribution in [0.25, 0.3) is 0 Å². The molecule has 0 radical (unpaired) electrons. The maximum Gasteiger partial charge on any atom is 0.247 e. The van der Waals surface area contributed by atoms with Crippen LogP contribution in [0, 0.1) is 13.8 Å². The van der Waals surface area contributed by atoms with Crippen molar-refractivity contribution < 1.29 is 14.3 Å². The lowest BCUT2D eigenvalue weighted by atomic mass is 10.0. The molecule has 1 saturated heterocycles. The van der Waals surface area contributed by atoms with E-state index in [0.29, 0.717) is 0 Å². The number of hydrogen-bond acceptors (Lipinski definition) is 4. The number of ether oxygens (including phenoxy) is 2. The number of amides is 1. The molecular formula is C22H31N3O3. The van der Waals surface area contributed by atoms with E-state index in [4.69, 9.17) is 9.47 Å². The zero-order valence-corrected chi connectivity index (χ0v) is 17.6. The topological polar surface area (TPSA) is 56.6 Å². The van der Waals surface area contributed by atoms with Gasteiger partial charge in [-0.1, -0.05) is 13.3 Å². The minimum atomic E-state index is -0.261. The van der Waals surface area contributed by atoms with Crippen molar-refractivity contribution in [2.45, 2.75) is 58.5 Å². The summed E-state index contributed by atoms with van der Waals surface area (Å²) in [4.78, 5) is 15.6. The Morgan fingerprint density at radius 2 is 2.04 bits per heavy atom. The van der Waals surface area contributed by atoms with Crippen LogP contribution in [0.5, 0.6) is 11.5 Å². The molecule has 0 spiro atoms. The van der Waals surface area contributed by atoms with Crippen molar-refractivity contribution in [3.8, 4) is 11.5 Å². The molecule has 1 aliphatic rings. The number of likely N-dealkylation sites (tertiary alicyclic amines) is 1. The monoisotopic (exact) mass is 385 g/mol. The van der Waals surface area contributed by atoms with E-state index < -0.39 is 0 Å². The lowest BCUT2D eigenvalue weighted by Gasteiger charge is -2.30. The van der Waals surface area contributed by atoms with E-state index in [9.17, 15) is 4.79 Å². The van der Waals surface area contributed by atoms with Crippen LogP contribution in [0.2, 0.25) is 0 Å². The standard InChI is InChI=1S/C22H31N3O3/c1-6-8-20(25-16(3)13-15(2)23-25)22(26)24-12-7-9-19(24)18-11-10-17(27-4)14-21(18)28-5/h10-11,13-14,19-20H,6-9,12H2,1-5H3/t19-,20-/m1/s1. The summed E-state index contributed by atoms with van der Waals surface area (Å²) in [6.45, 7) is 6.86. The first-order valence-corrected chi connectivity index (χ1v) is 10.0. The van der Waals surface area contributed by atoms with Crippen LogP contribution in [0.1, 0.15) is 61.6 Å². The molecular weight excluding hydrogens is 354 g/mol. The first-order chi connectivity index (χ1) is 13.5. The van der Waals surface area contributed by atoms with Crippen LogP contribution < -0.4 is 9.47 Å². The van der Waals surface area contributed by atoms with E-state index in [1.54, 1.807) is 14.2 Å². The Balaban J connectivity index is 1.92. The Morgan fingerprint density at radius 3 is 2.64 bits per heavy atom. The van der Waals surface area contributed by atoms with E-state index in [0.717, 1.165) is 60.7 Å². The van der Waals surface area contributed by atoms with Gasteiger partial charge in [-0.3, -0.25) is 9.48 Å². The minimum Gasteiger partial charge on any atom is -0.497 e. The molecule has 0 saturated carbocycles. The van der Waals surface area contributed by atoms with Crippen molar-refractivity contribution in [3.05, 3.63) is 41.2 Å². The first-order valence-electron chi connectivity index (χ1n) is 10.0. The van der Waals surface area contributed by atoms with Gasteiger partial charge in [0.2, 0.25) is 5.91 Å². The second-order valence-electron chi connectivity index (χ2n) is 7.47. The maximum absolute atomic E-state index is 13.6. The van der Waals surface area contributed by atoms with E-state index in [1.165, 1.54) is 0 Å². The molecule has 0 bridgehead atoms. The molecule has 6 heteroatoms. The number of nitrogens with zero attached hydrogens (tertiary/aromatic N) is 3. The van der Waals surface area contributed by atoms with E-state index in [-0.39, 0.29) is 18.0 Å². The third kappa shape index (κ3) is 3.86. The number of carbonyl (C=O) groups excluding carboxylic acids is 1. The maximum atomic E-state index is 13.6. The average Bonchev–Trinajstić information content (AvgIpc) is 3.31. The van der Waals surface area contributed by atoms with Crippen molar-refractivity contribution in [1.82, 2.24) is 14.7 Å². The molecule has 1 aliphatic heterocycles. The third-order valence-corrected chi connectivity index (χ3v) is 5.52. The molecule has 152 valence electrons. The Bertz CT molecular complexity index is 830. The van der Waals surface area contributed by atoms with Gasteiger partial charge in [0.25, 0.3) is 0 Å². The van der Waals surface area contributed by atoms with Gasteiger partial charge >= 0.3 is 0 Å². The predicted octanol–water partition coefficient (Wildman–Crippen LogP) is 4.22. The van der Waals surface area contributed by atoms with Crippen molar-refractivity contribution >= 4 is 5.91 Å². The Morgan fingerprint density at radius 1 is 1.25 bits per heavy atom. The molecule has 0 N–H and O–H groups in total. The van der Waals surface area contributed by atoms with Crippen molar-refractivity contribution in [2.24, 2.45) is 0 Å². The highest BCUT2D eigenvalue weighted by Gasteiger charge is 2.36. The van der Waals surface area contributed by atoms with Crippen LogP contribution in [0.4, 0.5) is 0 Å². The summed E-state index contributed by atoms with van der Waals surface area (Å²) in [5, 5.41) is 4.60. The number of carbonyl (C=O) groups is 1. The average molecular weight is 386 g/mol. The minimum absolute atomic E-state index is 0.0182. The molecule has 1 amide bonds. The smallest absolute Gasteiger partial charge is 0.247 e. The number of hydrogen-bond donors (Lipinski definition) is 0. The lowest BCUT2D eigenvalue weighted by Crippen LogP contribution is -2.37. The Hall–Kier alpha value is -2.50. The second kappa shape index (κ2) is 8.67. The summed E-state index contributed by atoms with van der Waals surface area (Å²) >= 11 is 0. The molecule has 0 unspecified atom stereocenters. The highest BCUT2D eigenvalue weighted by Crippen LogP contribution is 2.40. The van der Waals surface area contributed by atoms with Gasteiger partial charge in [0.05, 0.1) is 26.0 Å². The molecule has 1 fully saturated rings. The zero-order chi connectivity index (χ0) is 20.3. The highest BCUT2D eigenvalue weighted by molar-refractivity contribution is 5.81. The van der Waals surface area contributed by atoms with Gasteiger partial charge in [0, 0.05) is 23.9 Å². The van der Waals surface area contributed by atoms with Crippen LogP contribution in [-0.4, -0.2) is 41.4 Å². The predicted molar refractivity (Wildman–Crippen MR) is 109 cm³/mol. The van der Waals surface area contributed by atoms with E-state index in [2.05, 4.69) is 12.0 Å². The van der Waals surface area contributed by atoms with Gasteiger partial charge in [0.1, 0.15) is 17.5 Å². The van der Waals surface area contributed by atoms with Gasteiger partial charge in [-0.15, -0.1) is 0 Å². The molecule has 0 aliphatic carbocycles. The highest BCUT2D eigenvalue weighted by atomic mass is 16.5. The third-order valence-electron chi connectivity index (χ3n) is 5.52. The molecule has 1 aromatic carbocycles. The number of aryl methyl sites for hydroxylation is 2. The molecule has 1 aromatic heterocycles. The molecule has 2 atom stereocenters. The van der Waals surface area contributed by atoms with Crippen molar-refractivity contribution in [1.29, 1.82) is 0 Å².